The van der Waals surface area contributed by atoms with Gasteiger partial charge < -0.3 is 35.4 Å². The highest BCUT2D eigenvalue weighted by Gasteiger charge is 2.55. The smallest absolute Gasteiger partial charge is 0.433 e. The zero-order valence-electron chi connectivity index (χ0n) is 29.0. The molecule has 5 N–H and O–H groups in total. The molecule has 1 aliphatic carbocycles. The van der Waals surface area contributed by atoms with Gasteiger partial charge in [-0.25, -0.2) is 19.4 Å². The molecule has 4 aliphatic rings. The van der Waals surface area contributed by atoms with Crippen LogP contribution in [0.2, 0.25) is 0 Å². The molecule has 2 amide bonds. The number of nitrogen functional groups attached to an aromatic ring is 1. The first-order valence-corrected chi connectivity index (χ1v) is 18.7. The van der Waals surface area contributed by atoms with E-state index in [0.29, 0.717) is 24.6 Å². The second-order valence-corrected chi connectivity index (χ2v) is 14.0. The van der Waals surface area contributed by atoms with Gasteiger partial charge in [0.15, 0.2) is 5.13 Å². The number of aliphatic imine (C=N–C) groups is 1. The molecule has 3 atom stereocenters. The number of aromatic nitrogens is 2. The number of fused-ring (bicyclic) bond motifs is 4. The van der Waals surface area contributed by atoms with Gasteiger partial charge in [-0.1, -0.05) is 53.7 Å². The number of carbonyl (C=O) groups excluding carboxylic acids is 4. The Labute approximate surface area is 320 Å². The average molecular weight is 793 g/mol. The first-order valence-electron chi connectivity index (χ1n) is 16.9. The van der Waals surface area contributed by atoms with Gasteiger partial charge in [0, 0.05) is 48.8 Å². The number of anilines is 1. The van der Waals surface area contributed by atoms with Crippen LogP contribution >= 0.6 is 23.3 Å². The monoisotopic (exact) mass is 792 g/mol. The van der Waals surface area contributed by atoms with Crippen LogP contribution < -0.4 is 21.8 Å². The second kappa shape index (κ2) is 16.5. The molecule has 2 aromatic carbocycles. The zero-order chi connectivity index (χ0) is 38.5. The van der Waals surface area contributed by atoms with E-state index in [1.54, 1.807) is 0 Å². The van der Waals surface area contributed by atoms with Gasteiger partial charge in [0.05, 0.1) is 6.21 Å². The minimum atomic E-state index is -1.43. The molecule has 3 aromatic rings. The summed E-state index contributed by atoms with van der Waals surface area (Å²) in [5, 5.41) is 12.5. The molecule has 55 heavy (non-hydrogen) atoms. The Morgan fingerprint density at radius 1 is 1.15 bits per heavy atom. The van der Waals surface area contributed by atoms with E-state index in [9.17, 15) is 23.6 Å². The lowest BCUT2D eigenvalue weighted by Gasteiger charge is -2.49. The number of oxime groups is 1. The van der Waals surface area contributed by atoms with Crippen molar-refractivity contribution in [3.63, 3.8) is 0 Å². The molecule has 1 saturated heterocycles. The lowest BCUT2D eigenvalue weighted by molar-refractivity contribution is -0.169. The Morgan fingerprint density at radius 2 is 1.89 bits per heavy atom. The number of nitrogens with zero attached hydrogens (tertiary/aromatic N) is 6. The van der Waals surface area contributed by atoms with Gasteiger partial charge in [0.25, 0.3) is 18.7 Å². The molecule has 0 bridgehead atoms. The average Bonchev–Trinajstić information content (AvgIpc) is 3.76. The first-order chi connectivity index (χ1) is 26.7. The maximum absolute atomic E-state index is 13.8. The van der Waals surface area contributed by atoms with Crippen LogP contribution in [-0.4, -0.2) is 106 Å². The third-order valence-electron chi connectivity index (χ3n) is 8.70. The van der Waals surface area contributed by atoms with Crippen molar-refractivity contribution in [2.24, 2.45) is 15.2 Å². The number of hydrazone groups is 1. The van der Waals surface area contributed by atoms with E-state index >= 15 is 0 Å². The van der Waals surface area contributed by atoms with Crippen LogP contribution in [0.5, 0.6) is 0 Å². The summed E-state index contributed by atoms with van der Waals surface area (Å²) in [6, 6.07) is 14.6. The summed E-state index contributed by atoms with van der Waals surface area (Å²) in [5.41, 5.74) is 12.1. The number of β-lactam (4-membered cyclic amide) rings is 1. The van der Waals surface area contributed by atoms with Crippen LogP contribution in [-0.2, 0) is 33.4 Å². The predicted molar refractivity (Wildman–Crippen MR) is 198 cm³/mol. The molecule has 286 valence electrons. The van der Waals surface area contributed by atoms with Gasteiger partial charge in [0.2, 0.25) is 23.8 Å². The number of guanidine groups is 1. The minimum absolute atomic E-state index is 0.0149. The zero-order valence-corrected chi connectivity index (χ0v) is 30.6. The van der Waals surface area contributed by atoms with Crippen molar-refractivity contribution in [3.8, 4) is 11.1 Å². The molecule has 3 unspecified atom stereocenters. The number of amides is 2. The molecule has 1 aromatic heterocycles. The SMILES string of the molecule is CC(OC(=O)OCC1c2ccccc2-c2ccccc21)OC(=O)C1=C(/C=N/NC2=NCCCN2)CSC2C(NC(=O)/C(=N\OCF)c3nsc(N)n3)C(=O)N12. The van der Waals surface area contributed by atoms with E-state index in [-0.39, 0.29) is 34.9 Å². The Balaban J connectivity index is 1.03. The van der Waals surface area contributed by atoms with Gasteiger partial charge in [-0.2, -0.15) is 14.5 Å². The van der Waals surface area contributed by atoms with Crippen molar-refractivity contribution in [3.05, 3.63) is 76.8 Å². The Hall–Kier alpha value is -6.09. The topological polar surface area (TPSA) is 233 Å². The number of carbonyl (C=O) groups is 4. The molecule has 18 nitrogen and oxygen atoms in total. The molecule has 4 heterocycles. The number of rotatable bonds is 12. The van der Waals surface area contributed by atoms with Gasteiger partial charge in [0.1, 0.15) is 23.7 Å². The largest absolute Gasteiger partial charge is 0.511 e. The molecule has 0 spiro atoms. The van der Waals surface area contributed by atoms with Crippen LogP contribution in [0.25, 0.3) is 11.1 Å². The van der Waals surface area contributed by atoms with Crippen LogP contribution in [0.4, 0.5) is 14.3 Å². The summed E-state index contributed by atoms with van der Waals surface area (Å²) in [6.07, 6.45) is -0.274. The van der Waals surface area contributed by atoms with Crippen LogP contribution in [0.3, 0.4) is 0 Å². The maximum Gasteiger partial charge on any atom is 0.511 e. The summed E-state index contributed by atoms with van der Waals surface area (Å²) in [4.78, 5) is 67.2. The van der Waals surface area contributed by atoms with E-state index in [4.69, 9.17) is 19.9 Å². The number of esters is 1. The third kappa shape index (κ3) is 7.92. The summed E-state index contributed by atoms with van der Waals surface area (Å²) >= 11 is 2.00. The molecule has 0 saturated carbocycles. The lowest BCUT2D eigenvalue weighted by Crippen LogP contribution is -2.71. The van der Waals surface area contributed by atoms with Crippen LogP contribution in [0.15, 0.2) is 75.1 Å². The van der Waals surface area contributed by atoms with Gasteiger partial charge in [-0.15, -0.1) is 11.8 Å². The number of hydrogen-bond acceptors (Lipinski definition) is 18. The number of nitrogens with two attached hydrogens (primary N) is 1. The van der Waals surface area contributed by atoms with Crippen molar-refractivity contribution in [2.75, 3.05) is 38.0 Å². The standard InChI is InChI=1S/C34H33FN10O8S2/c1-17(53-34(49)50-14-23-21-9-4-2-7-19(21)20-8-3-5-10-22(20)23)52-31(48)26-18(13-39-42-33-37-11-6-12-38-33)15-54-30-25(29(47)45(26)30)40-28(46)24(43-51-16-35)27-41-32(36)55-44-27/h2-5,7-10,13,17,23,25,30H,6,11-12,14-16H2,1H3,(H,40,46)(H2,36,41,44)(H2,37,38,42)/b39-13+,43-24-. The number of nitrogens with one attached hydrogen (secondary N) is 3. The number of thioether (sulfide) groups is 1. The van der Waals surface area contributed by atoms with Crippen molar-refractivity contribution >= 4 is 70.3 Å². The van der Waals surface area contributed by atoms with Crippen molar-refractivity contribution in [1.29, 1.82) is 0 Å². The summed E-state index contributed by atoms with van der Waals surface area (Å²) < 4.78 is 33.0. The predicted octanol–water partition coefficient (Wildman–Crippen LogP) is 2.20. The maximum atomic E-state index is 13.8. The highest BCUT2D eigenvalue weighted by atomic mass is 32.2. The van der Waals surface area contributed by atoms with Gasteiger partial charge in [-0.3, -0.25) is 19.5 Å². The van der Waals surface area contributed by atoms with Gasteiger partial charge >= 0.3 is 12.1 Å². The molecular weight excluding hydrogens is 760 g/mol. The first kappa shape index (κ1) is 37.2. The second-order valence-electron chi connectivity index (χ2n) is 12.1. The fraction of sp³-hybridized carbons (Fsp3) is 0.324. The highest BCUT2D eigenvalue weighted by molar-refractivity contribution is 8.00. The summed E-state index contributed by atoms with van der Waals surface area (Å²) in [5.74, 6) is -2.49. The van der Waals surface area contributed by atoms with E-state index in [0.717, 1.165) is 45.1 Å². The van der Waals surface area contributed by atoms with Crippen molar-refractivity contribution in [1.82, 2.24) is 30.3 Å². The Kier molecular flexibility index (Phi) is 11.2. The minimum Gasteiger partial charge on any atom is -0.433 e. The van der Waals surface area contributed by atoms with E-state index in [1.807, 2.05) is 48.5 Å². The number of ether oxygens (including phenoxy) is 3. The molecular formula is C34H33FN10O8S2. The van der Waals surface area contributed by atoms with Crippen LogP contribution in [0, 0.1) is 0 Å². The van der Waals surface area contributed by atoms with Gasteiger partial charge in [-0.05, 0) is 28.7 Å². The quantitative estimate of drug-likeness (QED) is 0.0677. The highest BCUT2D eigenvalue weighted by Crippen LogP contribution is 2.44. The van der Waals surface area contributed by atoms with E-state index < -0.39 is 54.2 Å². The summed E-state index contributed by atoms with van der Waals surface area (Å²) in [7, 11) is 0. The number of benzene rings is 2. The Morgan fingerprint density at radius 3 is 2.56 bits per heavy atom. The van der Waals surface area contributed by atoms with E-state index in [2.05, 4.69) is 45.5 Å². The Bertz CT molecular complexity index is 2080. The summed E-state index contributed by atoms with van der Waals surface area (Å²) in [6.45, 7) is 1.29. The third-order valence-corrected chi connectivity index (χ3v) is 10.5. The van der Waals surface area contributed by atoms with Crippen LogP contribution in [0.1, 0.15) is 36.2 Å². The number of hydrogen-bond donors (Lipinski definition) is 4. The molecule has 1 fully saturated rings. The molecule has 7 rings (SSSR count). The number of alkyl halides is 1. The van der Waals surface area contributed by atoms with Crippen molar-refractivity contribution < 1.29 is 42.6 Å². The molecule has 0 radical (unpaired) electrons. The molecule has 3 aliphatic heterocycles. The lowest BCUT2D eigenvalue weighted by atomic mass is 9.98. The normalized spacial score (nSPS) is 19.6. The number of halogens is 1. The molecule has 21 heteroatoms. The fourth-order valence-corrected chi connectivity index (χ4v) is 8.05. The van der Waals surface area contributed by atoms with E-state index in [1.165, 1.54) is 24.9 Å². The fourth-order valence-electron chi connectivity index (χ4n) is 6.31. The van der Waals surface area contributed by atoms with Crippen molar-refractivity contribution in [2.45, 2.75) is 37.0 Å².